The summed E-state index contributed by atoms with van der Waals surface area (Å²) in [5.74, 6) is 1.19. The summed E-state index contributed by atoms with van der Waals surface area (Å²) in [7, 11) is 0. The standard InChI is InChI=1S/C16H24O2/c1-12(2)15(17)9-10-18-14-8-6-7-13(11-14)16(3,4)5/h6-8,11-12H,9-10H2,1-5H3. The van der Waals surface area contributed by atoms with Gasteiger partial charge < -0.3 is 4.74 Å². The molecule has 1 aromatic carbocycles. The second-order valence-electron chi connectivity index (χ2n) is 6.00. The summed E-state index contributed by atoms with van der Waals surface area (Å²) < 4.78 is 5.64. The Morgan fingerprint density at radius 1 is 1.28 bits per heavy atom. The molecule has 0 amide bonds. The average molecular weight is 248 g/mol. The summed E-state index contributed by atoms with van der Waals surface area (Å²) in [5, 5.41) is 0. The Balaban J connectivity index is 2.56. The van der Waals surface area contributed by atoms with E-state index in [1.54, 1.807) is 0 Å². The topological polar surface area (TPSA) is 26.3 Å². The van der Waals surface area contributed by atoms with Crippen LogP contribution in [0, 0.1) is 5.92 Å². The van der Waals surface area contributed by atoms with Crippen molar-refractivity contribution < 1.29 is 9.53 Å². The fourth-order valence-corrected chi connectivity index (χ4v) is 1.61. The zero-order chi connectivity index (χ0) is 13.8. The number of Topliss-reactive ketones (excluding diaryl/α,β-unsaturated/α-hetero) is 1. The Hall–Kier alpha value is -1.31. The molecule has 0 fully saturated rings. The molecule has 2 heteroatoms. The van der Waals surface area contributed by atoms with Crippen LogP contribution >= 0.6 is 0 Å². The maximum absolute atomic E-state index is 11.5. The SMILES string of the molecule is CC(C)C(=O)CCOc1cccc(C(C)(C)C)c1. The predicted octanol–water partition coefficient (Wildman–Crippen LogP) is 3.98. The fourth-order valence-electron chi connectivity index (χ4n) is 1.61. The van der Waals surface area contributed by atoms with Gasteiger partial charge >= 0.3 is 0 Å². The largest absolute Gasteiger partial charge is 0.493 e. The van der Waals surface area contributed by atoms with Crippen LogP contribution in [0.3, 0.4) is 0 Å². The van der Waals surface area contributed by atoms with Crippen molar-refractivity contribution in [1.82, 2.24) is 0 Å². The molecule has 18 heavy (non-hydrogen) atoms. The van der Waals surface area contributed by atoms with Gasteiger partial charge in [-0.05, 0) is 23.1 Å². The molecule has 0 aromatic heterocycles. The Kier molecular flexibility index (Phi) is 4.94. The van der Waals surface area contributed by atoms with Crippen molar-refractivity contribution in [2.75, 3.05) is 6.61 Å². The van der Waals surface area contributed by atoms with Crippen LogP contribution < -0.4 is 4.74 Å². The van der Waals surface area contributed by atoms with E-state index in [2.05, 4.69) is 32.9 Å². The lowest BCUT2D eigenvalue weighted by Crippen LogP contribution is -2.13. The second kappa shape index (κ2) is 6.03. The van der Waals surface area contributed by atoms with E-state index >= 15 is 0 Å². The molecule has 0 heterocycles. The molecule has 0 spiro atoms. The quantitative estimate of drug-likeness (QED) is 0.788. The summed E-state index contributed by atoms with van der Waals surface area (Å²) in [6.45, 7) is 10.8. The average Bonchev–Trinajstić information content (AvgIpc) is 2.28. The van der Waals surface area contributed by atoms with Crippen LogP contribution in [-0.2, 0) is 10.2 Å². The molecule has 1 rings (SSSR count). The number of benzene rings is 1. The molecule has 0 unspecified atom stereocenters. The number of hydrogen-bond donors (Lipinski definition) is 0. The Morgan fingerprint density at radius 3 is 2.50 bits per heavy atom. The molecule has 0 N–H and O–H groups in total. The van der Waals surface area contributed by atoms with Gasteiger partial charge in [0.25, 0.3) is 0 Å². The van der Waals surface area contributed by atoms with Crippen molar-refractivity contribution in [3.8, 4) is 5.75 Å². The van der Waals surface area contributed by atoms with Crippen molar-refractivity contribution in [3.63, 3.8) is 0 Å². The lowest BCUT2D eigenvalue weighted by Gasteiger charge is -2.19. The first kappa shape index (κ1) is 14.7. The highest BCUT2D eigenvalue weighted by Gasteiger charge is 2.14. The number of ketones is 1. The Morgan fingerprint density at radius 2 is 1.94 bits per heavy atom. The normalized spacial score (nSPS) is 11.7. The minimum Gasteiger partial charge on any atom is -0.493 e. The van der Waals surface area contributed by atoms with Gasteiger partial charge in [-0.2, -0.15) is 0 Å². The molecule has 0 atom stereocenters. The first-order valence-corrected chi connectivity index (χ1v) is 6.57. The highest BCUT2D eigenvalue weighted by Crippen LogP contribution is 2.25. The van der Waals surface area contributed by atoms with E-state index in [4.69, 9.17) is 4.74 Å². The van der Waals surface area contributed by atoms with Crippen molar-refractivity contribution in [1.29, 1.82) is 0 Å². The molecule has 0 aliphatic rings. The van der Waals surface area contributed by atoms with Gasteiger partial charge in [-0.25, -0.2) is 0 Å². The van der Waals surface area contributed by atoms with Crippen LogP contribution in [0.15, 0.2) is 24.3 Å². The van der Waals surface area contributed by atoms with Crippen LogP contribution in [0.4, 0.5) is 0 Å². The number of carbonyl (C=O) groups is 1. The third kappa shape index (κ3) is 4.52. The first-order valence-electron chi connectivity index (χ1n) is 6.57. The van der Waals surface area contributed by atoms with Crippen LogP contribution in [0.5, 0.6) is 5.75 Å². The molecular formula is C16H24O2. The molecular weight excluding hydrogens is 224 g/mol. The molecule has 0 radical (unpaired) electrons. The highest BCUT2D eigenvalue weighted by molar-refractivity contribution is 5.80. The minimum absolute atomic E-state index is 0.0921. The number of rotatable bonds is 5. The van der Waals surface area contributed by atoms with Crippen LogP contribution in [0.1, 0.15) is 46.6 Å². The van der Waals surface area contributed by atoms with Gasteiger partial charge in [0.1, 0.15) is 11.5 Å². The maximum Gasteiger partial charge on any atom is 0.138 e. The van der Waals surface area contributed by atoms with E-state index in [0.29, 0.717) is 13.0 Å². The monoisotopic (exact) mass is 248 g/mol. The van der Waals surface area contributed by atoms with Crippen molar-refractivity contribution in [2.45, 2.75) is 46.5 Å². The van der Waals surface area contributed by atoms with E-state index in [0.717, 1.165) is 5.75 Å². The van der Waals surface area contributed by atoms with Crippen LogP contribution in [0.2, 0.25) is 0 Å². The van der Waals surface area contributed by atoms with Gasteiger partial charge in [0.05, 0.1) is 6.61 Å². The lowest BCUT2D eigenvalue weighted by molar-refractivity contribution is -0.122. The van der Waals surface area contributed by atoms with E-state index in [9.17, 15) is 4.79 Å². The first-order chi connectivity index (χ1) is 8.30. The van der Waals surface area contributed by atoms with Crippen molar-refractivity contribution in [2.24, 2.45) is 5.92 Å². The highest BCUT2D eigenvalue weighted by atomic mass is 16.5. The van der Waals surface area contributed by atoms with E-state index < -0.39 is 0 Å². The van der Waals surface area contributed by atoms with Gasteiger partial charge in [-0.1, -0.05) is 46.8 Å². The lowest BCUT2D eigenvalue weighted by atomic mass is 9.87. The van der Waals surface area contributed by atoms with Crippen LogP contribution in [0.25, 0.3) is 0 Å². The Labute approximate surface area is 110 Å². The molecule has 0 saturated heterocycles. The fraction of sp³-hybridized carbons (Fsp3) is 0.562. The van der Waals surface area contributed by atoms with Gasteiger partial charge in [-0.3, -0.25) is 4.79 Å². The summed E-state index contributed by atoms with van der Waals surface area (Å²) in [5.41, 5.74) is 1.36. The zero-order valence-electron chi connectivity index (χ0n) is 12.1. The third-order valence-electron chi connectivity index (χ3n) is 2.96. The molecule has 2 nitrogen and oxygen atoms in total. The van der Waals surface area contributed by atoms with Crippen LogP contribution in [-0.4, -0.2) is 12.4 Å². The second-order valence-corrected chi connectivity index (χ2v) is 6.00. The van der Waals surface area contributed by atoms with Gasteiger partial charge in [0.15, 0.2) is 0 Å². The van der Waals surface area contributed by atoms with E-state index in [-0.39, 0.29) is 17.1 Å². The smallest absolute Gasteiger partial charge is 0.138 e. The Bertz CT molecular complexity index is 400. The molecule has 0 saturated carbocycles. The number of carbonyl (C=O) groups excluding carboxylic acids is 1. The number of ether oxygens (including phenoxy) is 1. The minimum atomic E-state index is 0.0921. The van der Waals surface area contributed by atoms with Gasteiger partial charge in [-0.15, -0.1) is 0 Å². The summed E-state index contributed by atoms with van der Waals surface area (Å²) in [4.78, 5) is 11.5. The van der Waals surface area contributed by atoms with Gasteiger partial charge in [0.2, 0.25) is 0 Å². The third-order valence-corrected chi connectivity index (χ3v) is 2.96. The zero-order valence-corrected chi connectivity index (χ0v) is 12.1. The summed E-state index contributed by atoms with van der Waals surface area (Å²) in [6, 6.07) is 8.10. The van der Waals surface area contributed by atoms with Crippen molar-refractivity contribution in [3.05, 3.63) is 29.8 Å². The molecule has 0 aliphatic carbocycles. The van der Waals surface area contributed by atoms with Crippen molar-refractivity contribution >= 4 is 5.78 Å². The number of hydrogen-bond acceptors (Lipinski definition) is 2. The molecule has 1 aromatic rings. The molecule has 0 bridgehead atoms. The molecule has 100 valence electrons. The summed E-state index contributed by atoms with van der Waals surface area (Å²) >= 11 is 0. The van der Waals surface area contributed by atoms with E-state index in [1.807, 2.05) is 26.0 Å². The summed E-state index contributed by atoms with van der Waals surface area (Å²) in [6.07, 6.45) is 0.484. The van der Waals surface area contributed by atoms with Gasteiger partial charge in [0, 0.05) is 12.3 Å². The maximum atomic E-state index is 11.5. The van der Waals surface area contributed by atoms with E-state index in [1.165, 1.54) is 5.56 Å². The molecule has 0 aliphatic heterocycles. The predicted molar refractivity (Wildman–Crippen MR) is 75.1 cm³/mol.